The number of hydrogen-bond donors (Lipinski definition) is 1. The molecular weight excluding hydrogens is 266 g/mol. The summed E-state index contributed by atoms with van der Waals surface area (Å²) in [5.74, 6) is 0.647. The summed E-state index contributed by atoms with van der Waals surface area (Å²) in [6, 6.07) is 4.14. The smallest absolute Gasteiger partial charge is 0.224 e. The van der Waals surface area contributed by atoms with Gasteiger partial charge in [-0.25, -0.2) is 9.97 Å². The molecule has 1 aliphatic carbocycles. The van der Waals surface area contributed by atoms with Crippen molar-refractivity contribution in [2.45, 2.75) is 32.2 Å². The molecule has 94 valence electrons. The summed E-state index contributed by atoms with van der Waals surface area (Å²) in [4.78, 5) is 10.2. The second-order valence-corrected chi connectivity index (χ2v) is 5.79. The van der Waals surface area contributed by atoms with Crippen molar-refractivity contribution in [2.75, 3.05) is 5.32 Å². The van der Waals surface area contributed by atoms with Gasteiger partial charge in [0.2, 0.25) is 5.95 Å². The van der Waals surface area contributed by atoms with Crippen LogP contribution in [0.15, 0.2) is 17.5 Å². The lowest BCUT2D eigenvalue weighted by atomic mass is 9.97. The van der Waals surface area contributed by atoms with E-state index in [0.29, 0.717) is 11.1 Å². The largest absolute Gasteiger partial charge is 0.349 e. The molecule has 0 fully saturated rings. The first-order chi connectivity index (χ1) is 8.83. The fourth-order valence-corrected chi connectivity index (χ4v) is 3.13. The molecule has 3 rings (SSSR count). The van der Waals surface area contributed by atoms with Gasteiger partial charge in [0.05, 0.1) is 12.2 Å². The molecule has 2 aromatic rings. The first-order valence-electron chi connectivity index (χ1n) is 6.14. The molecule has 2 heterocycles. The van der Waals surface area contributed by atoms with Crippen LogP contribution in [-0.4, -0.2) is 9.97 Å². The van der Waals surface area contributed by atoms with E-state index in [1.165, 1.54) is 17.7 Å². The monoisotopic (exact) mass is 279 g/mol. The molecule has 0 saturated carbocycles. The van der Waals surface area contributed by atoms with Gasteiger partial charge in [0, 0.05) is 10.4 Å². The van der Waals surface area contributed by atoms with E-state index in [2.05, 4.69) is 26.7 Å². The maximum absolute atomic E-state index is 6.22. The Morgan fingerprint density at radius 2 is 2.17 bits per heavy atom. The quantitative estimate of drug-likeness (QED) is 0.871. The van der Waals surface area contributed by atoms with Crippen LogP contribution in [-0.2, 0) is 19.4 Å². The molecule has 0 aliphatic heterocycles. The van der Waals surface area contributed by atoms with E-state index in [4.69, 9.17) is 11.6 Å². The molecule has 1 N–H and O–H groups in total. The summed E-state index contributed by atoms with van der Waals surface area (Å²) in [7, 11) is 0. The van der Waals surface area contributed by atoms with E-state index in [-0.39, 0.29) is 0 Å². The third-order valence-corrected chi connectivity index (χ3v) is 4.32. The molecule has 5 heteroatoms. The zero-order valence-corrected chi connectivity index (χ0v) is 11.5. The van der Waals surface area contributed by atoms with Gasteiger partial charge in [0.1, 0.15) is 5.15 Å². The van der Waals surface area contributed by atoms with Crippen LogP contribution in [0, 0.1) is 0 Å². The number of halogens is 1. The van der Waals surface area contributed by atoms with Crippen LogP contribution in [0.4, 0.5) is 5.95 Å². The fraction of sp³-hybridized carbons (Fsp3) is 0.385. The van der Waals surface area contributed by atoms with Gasteiger partial charge in [-0.3, -0.25) is 0 Å². The molecule has 2 aromatic heterocycles. The SMILES string of the molecule is Clc1nc(NCc2cccs2)nc2c1CCCC2. The van der Waals surface area contributed by atoms with Crippen LogP contribution in [0.5, 0.6) is 0 Å². The Balaban J connectivity index is 1.78. The maximum Gasteiger partial charge on any atom is 0.224 e. The van der Waals surface area contributed by atoms with Crippen molar-refractivity contribution in [1.82, 2.24) is 9.97 Å². The van der Waals surface area contributed by atoms with E-state index in [1.807, 2.05) is 6.07 Å². The second-order valence-electron chi connectivity index (χ2n) is 4.40. The van der Waals surface area contributed by atoms with Crippen LogP contribution < -0.4 is 5.32 Å². The van der Waals surface area contributed by atoms with Gasteiger partial charge in [-0.2, -0.15) is 0 Å². The predicted molar refractivity (Wildman–Crippen MR) is 75.3 cm³/mol. The minimum Gasteiger partial charge on any atom is -0.349 e. The highest BCUT2D eigenvalue weighted by Crippen LogP contribution is 2.26. The highest BCUT2D eigenvalue weighted by molar-refractivity contribution is 7.09. The first-order valence-corrected chi connectivity index (χ1v) is 7.40. The average molecular weight is 280 g/mol. The molecule has 18 heavy (non-hydrogen) atoms. The minimum atomic E-state index is 0.619. The van der Waals surface area contributed by atoms with E-state index in [0.717, 1.165) is 30.6 Å². The summed E-state index contributed by atoms with van der Waals surface area (Å²) in [6.45, 7) is 0.757. The zero-order valence-electron chi connectivity index (χ0n) is 9.95. The number of hydrogen-bond acceptors (Lipinski definition) is 4. The normalized spacial score (nSPS) is 14.3. The number of rotatable bonds is 3. The molecule has 0 atom stereocenters. The highest BCUT2D eigenvalue weighted by Gasteiger charge is 2.16. The topological polar surface area (TPSA) is 37.8 Å². The van der Waals surface area contributed by atoms with Gasteiger partial charge < -0.3 is 5.32 Å². The zero-order chi connectivity index (χ0) is 12.4. The Bertz CT molecular complexity index is 539. The summed E-state index contributed by atoms with van der Waals surface area (Å²) >= 11 is 7.94. The summed E-state index contributed by atoms with van der Waals surface area (Å²) in [5, 5.41) is 5.93. The van der Waals surface area contributed by atoms with Crippen molar-refractivity contribution < 1.29 is 0 Å². The van der Waals surface area contributed by atoms with Gasteiger partial charge in [-0.15, -0.1) is 11.3 Å². The Labute approximate surface area is 115 Å². The molecular formula is C13H14ClN3S. The average Bonchev–Trinajstić information content (AvgIpc) is 2.90. The second kappa shape index (κ2) is 5.24. The van der Waals surface area contributed by atoms with Gasteiger partial charge in [0.15, 0.2) is 0 Å². The van der Waals surface area contributed by atoms with Crippen LogP contribution in [0.3, 0.4) is 0 Å². The lowest BCUT2D eigenvalue weighted by molar-refractivity contribution is 0.663. The maximum atomic E-state index is 6.22. The van der Waals surface area contributed by atoms with Crippen molar-refractivity contribution in [3.8, 4) is 0 Å². The number of nitrogens with zero attached hydrogens (tertiary/aromatic N) is 2. The highest BCUT2D eigenvalue weighted by atomic mass is 35.5. The molecule has 3 nitrogen and oxygen atoms in total. The van der Waals surface area contributed by atoms with Crippen molar-refractivity contribution in [2.24, 2.45) is 0 Å². The van der Waals surface area contributed by atoms with E-state index in [9.17, 15) is 0 Å². The predicted octanol–water partition coefficient (Wildman–Crippen LogP) is 3.68. The molecule has 0 saturated heterocycles. The van der Waals surface area contributed by atoms with Crippen LogP contribution in [0.2, 0.25) is 5.15 Å². The summed E-state index contributed by atoms with van der Waals surface area (Å²) in [5.41, 5.74) is 2.26. The standard InChI is InChI=1S/C13H14ClN3S/c14-12-10-5-1-2-6-11(10)16-13(17-12)15-8-9-4-3-7-18-9/h3-4,7H,1-2,5-6,8H2,(H,15,16,17). The van der Waals surface area contributed by atoms with Crippen molar-refractivity contribution >= 4 is 28.9 Å². The Morgan fingerprint density at radius 3 is 3.00 bits per heavy atom. The fourth-order valence-electron chi connectivity index (χ4n) is 2.21. The number of nitrogens with one attached hydrogen (secondary N) is 1. The van der Waals surface area contributed by atoms with Crippen molar-refractivity contribution in [1.29, 1.82) is 0 Å². The molecule has 0 unspecified atom stereocenters. The Hall–Kier alpha value is -1.13. The number of aromatic nitrogens is 2. The molecule has 0 aromatic carbocycles. The Kier molecular flexibility index (Phi) is 3.48. The van der Waals surface area contributed by atoms with E-state index >= 15 is 0 Å². The lowest BCUT2D eigenvalue weighted by Crippen LogP contribution is -2.11. The minimum absolute atomic E-state index is 0.619. The first kappa shape index (κ1) is 11.9. The molecule has 0 bridgehead atoms. The molecule has 1 aliphatic rings. The summed E-state index contributed by atoms with van der Waals surface area (Å²) in [6.07, 6.45) is 4.42. The van der Waals surface area contributed by atoms with Crippen LogP contribution in [0.25, 0.3) is 0 Å². The van der Waals surface area contributed by atoms with Gasteiger partial charge in [-0.05, 0) is 37.1 Å². The van der Waals surface area contributed by atoms with Crippen molar-refractivity contribution in [3.63, 3.8) is 0 Å². The number of fused-ring (bicyclic) bond motifs is 1. The number of aryl methyl sites for hydroxylation is 1. The van der Waals surface area contributed by atoms with Gasteiger partial charge in [-0.1, -0.05) is 17.7 Å². The molecule has 0 spiro atoms. The van der Waals surface area contributed by atoms with Crippen LogP contribution in [0.1, 0.15) is 29.0 Å². The number of anilines is 1. The van der Waals surface area contributed by atoms with Crippen LogP contribution >= 0.6 is 22.9 Å². The van der Waals surface area contributed by atoms with E-state index < -0.39 is 0 Å². The Morgan fingerprint density at radius 1 is 1.28 bits per heavy atom. The lowest BCUT2D eigenvalue weighted by Gasteiger charge is -2.16. The summed E-state index contributed by atoms with van der Waals surface area (Å²) < 4.78 is 0. The molecule has 0 amide bonds. The van der Waals surface area contributed by atoms with Gasteiger partial charge >= 0.3 is 0 Å². The van der Waals surface area contributed by atoms with Gasteiger partial charge in [0.25, 0.3) is 0 Å². The third kappa shape index (κ3) is 2.49. The third-order valence-electron chi connectivity index (χ3n) is 3.13. The molecule has 0 radical (unpaired) electrons. The van der Waals surface area contributed by atoms with E-state index in [1.54, 1.807) is 11.3 Å². The van der Waals surface area contributed by atoms with Crippen molar-refractivity contribution in [3.05, 3.63) is 38.8 Å². The number of thiophene rings is 1.